The SMILES string of the molecule is O=C(O)c1[nH]c2ccc(Cl)cc2c1CC(O)N1CCN(c2ccccc2Br)CC1. The summed E-state index contributed by atoms with van der Waals surface area (Å²) in [5.74, 6) is -1.04. The molecule has 1 aliphatic heterocycles. The molecule has 1 fully saturated rings. The molecule has 0 saturated carbocycles. The highest BCUT2D eigenvalue weighted by atomic mass is 79.9. The summed E-state index contributed by atoms with van der Waals surface area (Å²) in [5.41, 5.74) is 2.53. The lowest BCUT2D eigenvalue weighted by atomic mass is 10.1. The fourth-order valence-electron chi connectivity index (χ4n) is 3.90. The number of nitrogens with zero attached hydrogens (tertiary/aromatic N) is 2. The van der Waals surface area contributed by atoms with Gasteiger partial charge >= 0.3 is 5.97 Å². The molecular weight excluding hydrogens is 458 g/mol. The molecule has 3 N–H and O–H groups in total. The van der Waals surface area contributed by atoms with E-state index in [1.165, 1.54) is 0 Å². The molecule has 8 heteroatoms. The van der Waals surface area contributed by atoms with Crippen molar-refractivity contribution in [3.8, 4) is 0 Å². The van der Waals surface area contributed by atoms with Crippen molar-refractivity contribution >= 4 is 50.1 Å². The maximum absolute atomic E-state index is 11.7. The minimum Gasteiger partial charge on any atom is -0.477 e. The van der Waals surface area contributed by atoms with Gasteiger partial charge in [-0.25, -0.2) is 4.79 Å². The fourth-order valence-corrected chi connectivity index (χ4v) is 4.60. The highest BCUT2D eigenvalue weighted by Gasteiger charge is 2.26. The average Bonchev–Trinajstić information content (AvgIpc) is 3.06. The van der Waals surface area contributed by atoms with Crippen molar-refractivity contribution in [2.24, 2.45) is 0 Å². The first-order chi connectivity index (χ1) is 13.9. The van der Waals surface area contributed by atoms with Gasteiger partial charge in [0.2, 0.25) is 0 Å². The van der Waals surface area contributed by atoms with Crippen molar-refractivity contribution in [3.05, 3.63) is 63.2 Å². The average molecular weight is 479 g/mol. The molecule has 0 bridgehead atoms. The summed E-state index contributed by atoms with van der Waals surface area (Å²) in [6.07, 6.45) is -0.552. The highest BCUT2D eigenvalue weighted by Crippen LogP contribution is 2.29. The Bertz CT molecular complexity index is 1050. The first kappa shape index (κ1) is 20.2. The summed E-state index contributed by atoms with van der Waals surface area (Å²) in [6, 6.07) is 13.3. The number of carbonyl (C=O) groups is 1. The number of aliphatic hydroxyl groups is 1. The van der Waals surface area contributed by atoms with Gasteiger partial charge in [-0.05, 0) is 51.8 Å². The molecule has 1 aromatic heterocycles. The second-order valence-electron chi connectivity index (χ2n) is 7.13. The number of halogens is 2. The molecule has 152 valence electrons. The number of anilines is 1. The van der Waals surface area contributed by atoms with Gasteiger partial charge in [-0.15, -0.1) is 0 Å². The monoisotopic (exact) mass is 477 g/mol. The Labute approximate surface area is 181 Å². The number of H-pyrrole nitrogens is 1. The van der Waals surface area contributed by atoms with Crippen molar-refractivity contribution in [3.63, 3.8) is 0 Å². The lowest BCUT2D eigenvalue weighted by Gasteiger charge is -2.38. The van der Waals surface area contributed by atoms with Crippen LogP contribution in [0.3, 0.4) is 0 Å². The molecular formula is C21H21BrClN3O3. The van der Waals surface area contributed by atoms with E-state index in [0.717, 1.165) is 28.6 Å². The molecule has 0 spiro atoms. The van der Waals surface area contributed by atoms with Crippen LogP contribution in [0.25, 0.3) is 10.9 Å². The van der Waals surface area contributed by atoms with E-state index in [1.54, 1.807) is 18.2 Å². The van der Waals surface area contributed by atoms with E-state index in [1.807, 2.05) is 23.1 Å². The lowest BCUT2D eigenvalue weighted by Crippen LogP contribution is -2.51. The number of aromatic carboxylic acids is 1. The van der Waals surface area contributed by atoms with Crippen LogP contribution in [0, 0.1) is 0 Å². The number of nitrogens with one attached hydrogen (secondary N) is 1. The van der Waals surface area contributed by atoms with Crippen LogP contribution in [0.1, 0.15) is 16.1 Å². The van der Waals surface area contributed by atoms with Gasteiger partial charge < -0.3 is 20.1 Å². The van der Waals surface area contributed by atoms with Crippen LogP contribution in [0.4, 0.5) is 5.69 Å². The summed E-state index contributed by atoms with van der Waals surface area (Å²) in [4.78, 5) is 18.9. The molecule has 2 aromatic carbocycles. The van der Waals surface area contributed by atoms with E-state index in [0.29, 0.717) is 29.2 Å². The molecule has 29 heavy (non-hydrogen) atoms. The third-order valence-electron chi connectivity index (χ3n) is 5.40. The number of hydrogen-bond donors (Lipinski definition) is 3. The predicted octanol–water partition coefficient (Wildman–Crippen LogP) is 3.97. The predicted molar refractivity (Wildman–Crippen MR) is 118 cm³/mol. The van der Waals surface area contributed by atoms with Crippen LogP contribution in [-0.4, -0.2) is 58.5 Å². The smallest absolute Gasteiger partial charge is 0.352 e. The highest BCUT2D eigenvalue weighted by molar-refractivity contribution is 9.10. The number of aliphatic hydroxyl groups excluding tert-OH is 1. The first-order valence-electron chi connectivity index (χ1n) is 9.39. The van der Waals surface area contributed by atoms with E-state index in [-0.39, 0.29) is 12.1 Å². The summed E-state index contributed by atoms with van der Waals surface area (Å²) in [6.45, 7) is 2.94. The number of rotatable bonds is 5. The number of fused-ring (bicyclic) bond motifs is 1. The Morgan fingerprint density at radius 3 is 2.59 bits per heavy atom. The fraction of sp³-hybridized carbons (Fsp3) is 0.286. The molecule has 1 atom stereocenters. The number of aromatic amines is 1. The Balaban J connectivity index is 1.50. The van der Waals surface area contributed by atoms with E-state index in [4.69, 9.17) is 11.6 Å². The molecule has 0 amide bonds. The first-order valence-corrected chi connectivity index (χ1v) is 10.6. The zero-order valence-corrected chi connectivity index (χ0v) is 17.9. The largest absolute Gasteiger partial charge is 0.477 e. The normalized spacial score (nSPS) is 16.3. The second-order valence-corrected chi connectivity index (χ2v) is 8.42. The number of benzene rings is 2. The number of hydrogen-bond acceptors (Lipinski definition) is 4. The summed E-state index contributed by atoms with van der Waals surface area (Å²) in [7, 11) is 0. The summed E-state index contributed by atoms with van der Waals surface area (Å²) < 4.78 is 1.05. The minimum atomic E-state index is -1.04. The quantitative estimate of drug-likeness (QED) is 0.517. The van der Waals surface area contributed by atoms with Crippen LogP contribution in [0.2, 0.25) is 5.02 Å². The Morgan fingerprint density at radius 1 is 1.17 bits per heavy atom. The van der Waals surface area contributed by atoms with Gasteiger partial charge in [0.15, 0.2) is 0 Å². The van der Waals surface area contributed by atoms with E-state index >= 15 is 0 Å². The van der Waals surface area contributed by atoms with Crippen molar-refractivity contribution in [2.75, 3.05) is 31.1 Å². The van der Waals surface area contributed by atoms with Gasteiger partial charge in [0.1, 0.15) is 11.9 Å². The van der Waals surface area contributed by atoms with E-state index in [9.17, 15) is 15.0 Å². The zero-order valence-electron chi connectivity index (χ0n) is 15.6. The second kappa shape index (κ2) is 8.36. The molecule has 1 aliphatic rings. The number of carboxylic acid groups (broad SMARTS) is 1. The molecule has 0 aliphatic carbocycles. The van der Waals surface area contributed by atoms with Gasteiger partial charge in [0.05, 0.1) is 5.69 Å². The molecule has 4 rings (SSSR count). The minimum absolute atomic E-state index is 0.105. The van der Waals surface area contributed by atoms with Crippen LogP contribution in [-0.2, 0) is 6.42 Å². The standard InChI is InChI=1S/C21H21BrClN3O3/c22-16-3-1-2-4-18(16)25-7-9-26(10-8-25)19(27)12-15-14-11-13(23)5-6-17(14)24-20(15)21(28)29/h1-6,11,19,24,27H,7-10,12H2,(H,28,29). The Morgan fingerprint density at radius 2 is 1.90 bits per heavy atom. The molecule has 2 heterocycles. The topological polar surface area (TPSA) is 79.8 Å². The van der Waals surface area contributed by atoms with Crippen molar-refractivity contribution in [2.45, 2.75) is 12.6 Å². The maximum Gasteiger partial charge on any atom is 0.352 e. The van der Waals surface area contributed by atoms with E-state index in [2.05, 4.69) is 31.9 Å². The third kappa shape index (κ3) is 4.14. The summed E-state index contributed by atoms with van der Waals surface area (Å²) in [5, 5.41) is 21.7. The number of piperazine rings is 1. The van der Waals surface area contributed by atoms with Crippen LogP contribution >= 0.6 is 27.5 Å². The summed E-state index contributed by atoms with van der Waals surface area (Å²) >= 11 is 9.70. The molecule has 3 aromatic rings. The van der Waals surface area contributed by atoms with Gasteiger partial charge in [-0.1, -0.05) is 23.7 Å². The van der Waals surface area contributed by atoms with E-state index < -0.39 is 12.2 Å². The Kier molecular flexibility index (Phi) is 5.83. The molecule has 0 radical (unpaired) electrons. The zero-order chi connectivity index (χ0) is 20.5. The molecule has 6 nitrogen and oxygen atoms in total. The van der Waals surface area contributed by atoms with Crippen molar-refractivity contribution in [1.82, 2.24) is 9.88 Å². The van der Waals surface area contributed by atoms with Gasteiger partial charge in [0.25, 0.3) is 0 Å². The van der Waals surface area contributed by atoms with Crippen molar-refractivity contribution in [1.29, 1.82) is 0 Å². The maximum atomic E-state index is 11.7. The van der Waals surface area contributed by atoms with Crippen molar-refractivity contribution < 1.29 is 15.0 Å². The van der Waals surface area contributed by atoms with Crippen LogP contribution in [0.5, 0.6) is 0 Å². The van der Waals surface area contributed by atoms with Gasteiger partial charge in [-0.3, -0.25) is 4.90 Å². The van der Waals surface area contributed by atoms with Crippen LogP contribution in [0.15, 0.2) is 46.9 Å². The number of para-hydroxylation sites is 1. The number of aromatic nitrogens is 1. The lowest BCUT2D eigenvalue weighted by molar-refractivity contribution is 0.00115. The van der Waals surface area contributed by atoms with Crippen LogP contribution < -0.4 is 4.90 Å². The molecule has 1 saturated heterocycles. The molecule has 1 unspecified atom stereocenters. The van der Waals surface area contributed by atoms with Gasteiger partial charge in [-0.2, -0.15) is 0 Å². The Hall–Kier alpha value is -2.06. The third-order valence-corrected chi connectivity index (χ3v) is 6.30. The number of carboxylic acids is 1. The van der Waals surface area contributed by atoms with Gasteiger partial charge in [0, 0.05) is 53.0 Å².